The highest BCUT2D eigenvalue weighted by atomic mass is 35.5. The fourth-order valence-corrected chi connectivity index (χ4v) is 4.92. The molecule has 3 heterocycles. The van der Waals surface area contributed by atoms with Gasteiger partial charge in [-0.25, -0.2) is 15.0 Å². The largest absolute Gasteiger partial charge is 0.491 e. The second-order valence-corrected chi connectivity index (χ2v) is 10.2. The van der Waals surface area contributed by atoms with Gasteiger partial charge in [0.05, 0.1) is 12.2 Å². The van der Waals surface area contributed by atoms with Gasteiger partial charge in [0.1, 0.15) is 24.5 Å². The summed E-state index contributed by atoms with van der Waals surface area (Å²) in [5, 5.41) is 3.00. The standard InChI is InChI=1S/C26H28ClN5O2/c1-16(33)31-22-11-18(13-28-24(22)27)17-4-5-23-19(10-17)14-32(8-9-34-23)25-20-12-26(2,3)7-6-21(20)29-15-30-25/h4-5,10-11,13,15H,6-9,12,14H2,1-3H3,(H,31,33). The number of hydrogen-bond donors (Lipinski definition) is 1. The molecule has 0 radical (unpaired) electrons. The first-order valence-corrected chi connectivity index (χ1v) is 11.9. The Morgan fingerprint density at radius 1 is 1.18 bits per heavy atom. The van der Waals surface area contributed by atoms with E-state index in [0.717, 1.165) is 54.1 Å². The van der Waals surface area contributed by atoms with E-state index in [1.807, 2.05) is 18.2 Å². The van der Waals surface area contributed by atoms with Gasteiger partial charge in [-0.3, -0.25) is 4.79 Å². The lowest BCUT2D eigenvalue weighted by molar-refractivity contribution is -0.114. The van der Waals surface area contributed by atoms with Gasteiger partial charge >= 0.3 is 0 Å². The zero-order chi connectivity index (χ0) is 23.9. The summed E-state index contributed by atoms with van der Waals surface area (Å²) in [5.74, 6) is 1.70. The molecule has 0 spiro atoms. The van der Waals surface area contributed by atoms with E-state index in [1.54, 1.807) is 12.5 Å². The second-order valence-electron chi connectivity index (χ2n) is 9.80. The van der Waals surface area contributed by atoms with E-state index >= 15 is 0 Å². The summed E-state index contributed by atoms with van der Waals surface area (Å²) >= 11 is 6.17. The zero-order valence-electron chi connectivity index (χ0n) is 19.7. The summed E-state index contributed by atoms with van der Waals surface area (Å²) in [6.07, 6.45) is 6.52. The van der Waals surface area contributed by atoms with Gasteiger partial charge in [0, 0.05) is 42.0 Å². The predicted octanol–water partition coefficient (Wildman–Crippen LogP) is 5.06. The molecule has 1 N–H and O–H groups in total. The highest BCUT2D eigenvalue weighted by molar-refractivity contribution is 6.32. The molecule has 2 aromatic heterocycles. The number of amides is 1. The molecule has 8 heteroatoms. The number of benzene rings is 1. The molecule has 0 bridgehead atoms. The molecule has 0 saturated carbocycles. The maximum Gasteiger partial charge on any atom is 0.221 e. The minimum atomic E-state index is -0.191. The van der Waals surface area contributed by atoms with Crippen molar-refractivity contribution in [1.82, 2.24) is 15.0 Å². The SMILES string of the molecule is CC(=O)Nc1cc(-c2ccc3c(c2)CN(c2ncnc4c2CC(C)(C)CC4)CCO3)cnc1Cl. The fraction of sp³-hybridized carbons (Fsp3) is 0.385. The number of halogens is 1. The fourth-order valence-electron chi connectivity index (χ4n) is 4.77. The van der Waals surface area contributed by atoms with Crippen LogP contribution in [0.25, 0.3) is 11.1 Å². The molecular weight excluding hydrogens is 450 g/mol. The number of rotatable bonds is 3. The first-order valence-electron chi connectivity index (χ1n) is 11.6. The van der Waals surface area contributed by atoms with Crippen LogP contribution >= 0.6 is 11.6 Å². The molecular formula is C26H28ClN5O2. The van der Waals surface area contributed by atoms with E-state index in [-0.39, 0.29) is 16.5 Å². The van der Waals surface area contributed by atoms with E-state index < -0.39 is 0 Å². The third-order valence-corrected chi connectivity index (χ3v) is 6.83. The smallest absolute Gasteiger partial charge is 0.221 e. The maximum atomic E-state index is 11.5. The summed E-state index contributed by atoms with van der Waals surface area (Å²) in [7, 11) is 0. The Balaban J connectivity index is 1.48. The number of carbonyl (C=O) groups is 1. The van der Waals surface area contributed by atoms with Crippen molar-refractivity contribution in [3.63, 3.8) is 0 Å². The van der Waals surface area contributed by atoms with Crippen LogP contribution in [-0.2, 0) is 24.2 Å². The third-order valence-electron chi connectivity index (χ3n) is 6.53. The highest BCUT2D eigenvalue weighted by Gasteiger charge is 2.30. The van der Waals surface area contributed by atoms with Gasteiger partial charge in [-0.2, -0.15) is 0 Å². The molecule has 1 aliphatic heterocycles. The minimum absolute atomic E-state index is 0.191. The number of pyridine rings is 1. The summed E-state index contributed by atoms with van der Waals surface area (Å²) in [4.78, 5) is 27.4. The third kappa shape index (κ3) is 4.57. The summed E-state index contributed by atoms with van der Waals surface area (Å²) in [6.45, 7) is 8.11. The van der Waals surface area contributed by atoms with Crippen molar-refractivity contribution in [2.75, 3.05) is 23.4 Å². The number of carbonyl (C=O) groups excluding carboxylic acids is 1. The monoisotopic (exact) mass is 477 g/mol. The molecule has 176 valence electrons. The van der Waals surface area contributed by atoms with Gasteiger partial charge in [-0.05, 0) is 48.4 Å². The molecule has 0 unspecified atom stereocenters. The molecule has 0 fully saturated rings. The van der Waals surface area contributed by atoms with Crippen molar-refractivity contribution in [3.05, 3.63) is 58.8 Å². The van der Waals surface area contributed by atoms with Crippen molar-refractivity contribution in [1.29, 1.82) is 0 Å². The average Bonchev–Trinajstić information content (AvgIpc) is 3.01. The van der Waals surface area contributed by atoms with E-state index in [4.69, 9.17) is 21.3 Å². The zero-order valence-corrected chi connectivity index (χ0v) is 20.4. The lowest BCUT2D eigenvalue weighted by Crippen LogP contribution is -2.31. The molecule has 1 aliphatic carbocycles. The molecule has 34 heavy (non-hydrogen) atoms. The number of anilines is 2. The van der Waals surface area contributed by atoms with Gasteiger partial charge in [-0.1, -0.05) is 31.5 Å². The van der Waals surface area contributed by atoms with Crippen LogP contribution in [-0.4, -0.2) is 34.0 Å². The van der Waals surface area contributed by atoms with Crippen molar-refractivity contribution < 1.29 is 9.53 Å². The summed E-state index contributed by atoms with van der Waals surface area (Å²) in [5.41, 5.74) is 6.09. The summed E-state index contributed by atoms with van der Waals surface area (Å²) in [6, 6.07) is 7.97. The van der Waals surface area contributed by atoms with Gasteiger partial charge in [-0.15, -0.1) is 0 Å². The summed E-state index contributed by atoms with van der Waals surface area (Å²) < 4.78 is 6.09. The van der Waals surface area contributed by atoms with E-state index in [1.165, 1.54) is 18.2 Å². The van der Waals surface area contributed by atoms with Gasteiger partial charge in [0.15, 0.2) is 5.15 Å². The van der Waals surface area contributed by atoms with Crippen LogP contribution < -0.4 is 15.0 Å². The van der Waals surface area contributed by atoms with Crippen molar-refractivity contribution >= 4 is 29.0 Å². The normalized spacial score (nSPS) is 16.6. The number of nitrogens with one attached hydrogen (secondary N) is 1. The number of aromatic nitrogens is 3. The Labute approximate surface area is 204 Å². The Bertz CT molecular complexity index is 1260. The van der Waals surface area contributed by atoms with Crippen LogP contribution in [0, 0.1) is 5.41 Å². The quantitative estimate of drug-likeness (QED) is 0.531. The lowest BCUT2D eigenvalue weighted by atomic mass is 9.76. The number of hydrogen-bond acceptors (Lipinski definition) is 6. The Hall–Kier alpha value is -3.19. The molecule has 5 rings (SSSR count). The van der Waals surface area contributed by atoms with Crippen LogP contribution in [0.4, 0.5) is 11.5 Å². The van der Waals surface area contributed by atoms with Crippen LogP contribution in [0.2, 0.25) is 5.15 Å². The number of nitrogens with zero attached hydrogens (tertiary/aromatic N) is 4. The topological polar surface area (TPSA) is 80.2 Å². The van der Waals surface area contributed by atoms with Gasteiger partial charge in [0.2, 0.25) is 5.91 Å². The first kappa shape index (κ1) is 22.6. The van der Waals surface area contributed by atoms with Gasteiger partial charge in [0.25, 0.3) is 0 Å². The van der Waals surface area contributed by atoms with E-state index in [2.05, 4.69) is 40.1 Å². The van der Waals surface area contributed by atoms with Crippen LogP contribution in [0.15, 0.2) is 36.8 Å². The first-order chi connectivity index (χ1) is 16.3. The number of fused-ring (bicyclic) bond motifs is 2. The molecule has 1 amide bonds. The van der Waals surface area contributed by atoms with Crippen molar-refractivity contribution in [3.8, 4) is 16.9 Å². The maximum absolute atomic E-state index is 11.5. The Morgan fingerprint density at radius 2 is 2.03 bits per heavy atom. The van der Waals surface area contributed by atoms with Crippen LogP contribution in [0.3, 0.4) is 0 Å². The van der Waals surface area contributed by atoms with E-state index in [0.29, 0.717) is 18.8 Å². The number of ether oxygens (including phenoxy) is 1. The molecule has 0 atom stereocenters. The van der Waals surface area contributed by atoms with Crippen molar-refractivity contribution in [2.45, 2.75) is 46.6 Å². The van der Waals surface area contributed by atoms with Crippen LogP contribution in [0.1, 0.15) is 44.0 Å². The van der Waals surface area contributed by atoms with E-state index in [9.17, 15) is 4.79 Å². The Kier molecular flexibility index (Phi) is 5.90. The molecule has 1 aromatic carbocycles. The molecule has 2 aliphatic rings. The lowest BCUT2D eigenvalue weighted by Gasteiger charge is -2.33. The second kappa shape index (κ2) is 8.87. The predicted molar refractivity (Wildman–Crippen MR) is 133 cm³/mol. The molecule has 0 saturated heterocycles. The van der Waals surface area contributed by atoms with Gasteiger partial charge < -0.3 is 15.0 Å². The highest BCUT2D eigenvalue weighted by Crippen LogP contribution is 2.39. The molecule has 7 nitrogen and oxygen atoms in total. The van der Waals surface area contributed by atoms with Crippen molar-refractivity contribution in [2.24, 2.45) is 5.41 Å². The minimum Gasteiger partial charge on any atom is -0.491 e. The van der Waals surface area contributed by atoms with Crippen LogP contribution in [0.5, 0.6) is 5.75 Å². The Morgan fingerprint density at radius 3 is 2.85 bits per heavy atom. The number of aryl methyl sites for hydroxylation is 1. The average molecular weight is 478 g/mol. The molecule has 3 aromatic rings.